The van der Waals surface area contributed by atoms with Crippen molar-refractivity contribution in [2.75, 3.05) is 11.9 Å². The van der Waals surface area contributed by atoms with E-state index in [1.807, 2.05) is 36.5 Å². The second-order valence-electron chi connectivity index (χ2n) is 10.1. The van der Waals surface area contributed by atoms with Crippen LogP contribution in [0, 0.1) is 25.4 Å². The number of para-hydroxylation sites is 1. The van der Waals surface area contributed by atoms with Crippen molar-refractivity contribution in [3.05, 3.63) is 115 Å². The summed E-state index contributed by atoms with van der Waals surface area (Å²) in [7, 11) is 0. The molecule has 7 heteroatoms. The Labute approximate surface area is 247 Å². The first-order valence-corrected chi connectivity index (χ1v) is 12.2. The van der Waals surface area contributed by atoms with Crippen LogP contribution in [0.4, 0.5) is 11.4 Å². The minimum atomic E-state index is -2.31. The van der Waals surface area contributed by atoms with E-state index in [2.05, 4.69) is 60.5 Å². The van der Waals surface area contributed by atoms with Gasteiger partial charge in [-0.05, 0) is 53.9 Å². The van der Waals surface area contributed by atoms with Crippen molar-refractivity contribution < 1.29 is 29.9 Å². The van der Waals surface area contributed by atoms with Crippen LogP contribution in [0.2, 0.25) is 0 Å². The number of rotatable bonds is 4. The van der Waals surface area contributed by atoms with Gasteiger partial charge in [0.2, 0.25) is 0 Å². The summed E-state index contributed by atoms with van der Waals surface area (Å²) in [4.78, 5) is 11.0. The van der Waals surface area contributed by atoms with Crippen molar-refractivity contribution in [3.63, 3.8) is 0 Å². The first kappa shape index (κ1) is 22.9. The maximum atomic E-state index is 7.63. The Morgan fingerprint density at radius 3 is 2.62 bits per heavy atom. The number of pyridine rings is 1. The molecule has 0 spiro atoms. The Morgan fingerprint density at radius 1 is 1.00 bits per heavy atom. The van der Waals surface area contributed by atoms with Gasteiger partial charge in [0, 0.05) is 48.4 Å². The first-order valence-electron chi connectivity index (χ1n) is 13.7. The normalized spacial score (nSPS) is 14.6. The zero-order valence-electron chi connectivity index (χ0n) is 24.5. The van der Waals surface area contributed by atoms with E-state index in [0.717, 1.165) is 32.5 Å². The molecule has 0 N–H and O–H groups in total. The molecule has 1 aliphatic rings. The zero-order valence-corrected chi connectivity index (χ0v) is 23.8. The molecule has 1 aliphatic heterocycles. The van der Waals surface area contributed by atoms with E-state index in [-0.39, 0.29) is 26.5 Å². The van der Waals surface area contributed by atoms with E-state index in [0.29, 0.717) is 22.9 Å². The van der Waals surface area contributed by atoms with Crippen LogP contribution in [0.15, 0.2) is 79.3 Å². The Morgan fingerprint density at radius 2 is 1.85 bits per heavy atom. The molecule has 0 atom stereocenters. The second kappa shape index (κ2) is 10.2. The van der Waals surface area contributed by atoms with Crippen molar-refractivity contribution >= 4 is 33.2 Å². The zero-order chi connectivity index (χ0) is 28.9. The summed E-state index contributed by atoms with van der Waals surface area (Å²) >= 11 is 0. The summed E-state index contributed by atoms with van der Waals surface area (Å²) in [5.74, 6) is 1.55. The number of fused-ring (bicyclic) bond motifs is 3. The van der Waals surface area contributed by atoms with Gasteiger partial charge in [-0.1, -0.05) is 44.5 Å². The van der Waals surface area contributed by atoms with Gasteiger partial charge < -0.3 is 19.1 Å². The molecule has 6 rings (SSSR count). The summed E-state index contributed by atoms with van der Waals surface area (Å²) in [6.07, 6.45) is 4.89. The monoisotopic (exact) mass is 694 g/mol. The van der Waals surface area contributed by atoms with Crippen LogP contribution in [-0.4, -0.2) is 21.4 Å². The van der Waals surface area contributed by atoms with Crippen LogP contribution in [0.1, 0.15) is 30.4 Å². The second-order valence-corrected chi connectivity index (χ2v) is 10.1. The molecule has 0 aliphatic carbocycles. The first-order chi connectivity index (χ1) is 19.5. The van der Waals surface area contributed by atoms with Crippen molar-refractivity contribution in [1.29, 1.82) is 0 Å². The summed E-state index contributed by atoms with van der Waals surface area (Å²) in [6.45, 7) is 13.2. The van der Waals surface area contributed by atoms with Crippen LogP contribution < -0.4 is 9.64 Å². The molecule has 0 fully saturated rings. The van der Waals surface area contributed by atoms with Gasteiger partial charge in [0.1, 0.15) is 5.82 Å². The van der Waals surface area contributed by atoms with Gasteiger partial charge >= 0.3 is 0 Å². The fraction of sp³-hybridized carbons (Fsp3) is 0.156. The standard InChI is InChI=1S/C32H26N5O.Pt/c1-32(2,3)22-12-13-34-31(16-22)37-29-9-7-6-8-27(29)28-11-10-25(20-30(28)37)38-26-18-23(33-4)17-24(19-26)36-15-14-35(5)21-36;/h6-18,21H,1-3,5H3;/q-3;/i5D3;. The van der Waals surface area contributed by atoms with Crippen LogP contribution in [0.25, 0.3) is 32.5 Å². The van der Waals surface area contributed by atoms with Gasteiger partial charge in [-0.3, -0.25) is 4.85 Å². The number of aromatic nitrogens is 2. The largest absolute Gasteiger partial charge is 0.510 e. The molecular weight excluding hydrogens is 665 g/mol. The molecule has 198 valence electrons. The third-order valence-corrected chi connectivity index (χ3v) is 6.48. The van der Waals surface area contributed by atoms with E-state index in [1.165, 1.54) is 18.4 Å². The predicted molar refractivity (Wildman–Crippen MR) is 151 cm³/mol. The molecule has 3 heterocycles. The Kier molecular flexibility index (Phi) is 6.01. The van der Waals surface area contributed by atoms with Crippen molar-refractivity contribution in [3.8, 4) is 17.3 Å². The van der Waals surface area contributed by atoms with E-state index >= 15 is 0 Å². The maximum Gasteiger partial charge on any atom is 0.135 e. The van der Waals surface area contributed by atoms with Gasteiger partial charge in [-0.15, -0.1) is 41.4 Å². The number of anilines is 1. The van der Waals surface area contributed by atoms with Crippen LogP contribution >= 0.6 is 0 Å². The third-order valence-electron chi connectivity index (χ3n) is 6.48. The number of benzene rings is 3. The molecule has 0 radical (unpaired) electrons. The number of ether oxygens (including phenoxy) is 1. The van der Waals surface area contributed by atoms with Gasteiger partial charge in [-0.2, -0.15) is 12.7 Å². The number of nitrogens with zero attached hydrogens (tertiary/aromatic N) is 5. The Hall–Kier alpha value is -4.07. The van der Waals surface area contributed by atoms with Gasteiger partial charge in [0.15, 0.2) is 0 Å². The summed E-state index contributed by atoms with van der Waals surface area (Å²) in [5.41, 5.74) is 3.76. The summed E-state index contributed by atoms with van der Waals surface area (Å²) in [5, 5.41) is 2.09. The van der Waals surface area contributed by atoms with Crippen LogP contribution in [0.5, 0.6) is 11.5 Å². The van der Waals surface area contributed by atoms with Crippen molar-refractivity contribution in [2.24, 2.45) is 0 Å². The molecule has 3 aromatic carbocycles. The van der Waals surface area contributed by atoms with E-state index in [4.69, 9.17) is 20.4 Å². The topological polar surface area (TPSA) is 37.9 Å². The van der Waals surface area contributed by atoms with Crippen molar-refractivity contribution in [2.45, 2.75) is 26.2 Å². The average Bonchev–Trinajstić information content (AvgIpc) is 3.56. The molecule has 2 aromatic heterocycles. The minimum absolute atomic E-state index is 0. The Bertz CT molecular complexity index is 1870. The molecule has 0 saturated carbocycles. The third kappa shape index (κ3) is 5.03. The summed E-state index contributed by atoms with van der Waals surface area (Å²) in [6, 6.07) is 26.0. The van der Waals surface area contributed by atoms with Gasteiger partial charge in [-0.25, -0.2) is 4.98 Å². The smallest absolute Gasteiger partial charge is 0.135 e. The van der Waals surface area contributed by atoms with Gasteiger partial charge in [0.05, 0.1) is 12.3 Å². The summed E-state index contributed by atoms with van der Waals surface area (Å²) < 4.78 is 31.2. The fourth-order valence-electron chi connectivity index (χ4n) is 4.57. The molecule has 0 bridgehead atoms. The van der Waals surface area contributed by atoms with E-state index in [9.17, 15) is 0 Å². The molecule has 6 nitrogen and oxygen atoms in total. The van der Waals surface area contributed by atoms with E-state index in [1.54, 1.807) is 23.2 Å². The molecule has 0 saturated heterocycles. The van der Waals surface area contributed by atoms with Crippen LogP contribution in [-0.2, 0) is 26.5 Å². The Balaban J connectivity index is 0.00000353. The maximum absolute atomic E-state index is 7.63. The SMILES string of the molecule is [2H]C([2H])([2H])N1C=CN(c2[c-]c(Oc3[c-]c4c(cc3)c3ccccc3n4-c3cc(C(C)(C)C)ccn3)cc([N+]#[C-])c2)[CH-]1.[Pt]. The quantitative estimate of drug-likeness (QED) is 0.181. The predicted octanol–water partition coefficient (Wildman–Crippen LogP) is 7.76. The molecular formula is C32H26N5OPt-3. The molecule has 0 unspecified atom stereocenters. The number of hydrogen-bond donors (Lipinski definition) is 0. The van der Waals surface area contributed by atoms with Crippen LogP contribution in [0.3, 0.4) is 0 Å². The molecule has 0 amide bonds. The minimum Gasteiger partial charge on any atom is -0.510 e. The average molecular weight is 695 g/mol. The van der Waals surface area contributed by atoms with Crippen molar-refractivity contribution in [1.82, 2.24) is 14.5 Å². The van der Waals surface area contributed by atoms with E-state index < -0.39 is 6.98 Å². The number of hydrogen-bond acceptors (Lipinski definition) is 4. The van der Waals surface area contributed by atoms with Gasteiger partial charge in [0.25, 0.3) is 0 Å². The molecule has 39 heavy (non-hydrogen) atoms. The molecule has 5 aromatic rings. The fourth-order valence-corrected chi connectivity index (χ4v) is 4.57.